The monoisotopic (exact) mass is 194 g/mol. The minimum atomic E-state index is -1.13. The van der Waals surface area contributed by atoms with Gasteiger partial charge in [-0.15, -0.1) is 0 Å². The van der Waals surface area contributed by atoms with Gasteiger partial charge in [0.1, 0.15) is 0 Å². The zero-order valence-corrected chi connectivity index (χ0v) is 7.54. The van der Waals surface area contributed by atoms with E-state index in [0.717, 1.165) is 12.8 Å². The fourth-order valence-corrected chi connectivity index (χ4v) is 0.703. The van der Waals surface area contributed by atoms with Gasteiger partial charge in [-0.05, 0) is 12.8 Å². The van der Waals surface area contributed by atoms with E-state index in [1.54, 1.807) is 0 Å². The van der Waals surface area contributed by atoms with Gasteiger partial charge in [0.2, 0.25) is 0 Å². The van der Waals surface area contributed by atoms with Crippen LogP contribution in [0.15, 0.2) is 0 Å². The van der Waals surface area contributed by atoms with E-state index < -0.39 is 11.9 Å². The van der Waals surface area contributed by atoms with Gasteiger partial charge in [-0.2, -0.15) is 0 Å². The van der Waals surface area contributed by atoms with Crippen LogP contribution in [0.1, 0.15) is 25.7 Å². The maximum Gasteiger partial charge on any atom is 0.381 e. The molecule has 0 bridgehead atoms. The van der Waals surface area contributed by atoms with E-state index in [0.29, 0.717) is 12.8 Å². The van der Waals surface area contributed by atoms with Crippen molar-refractivity contribution < 1.29 is 19.8 Å². The molecular weight excluding hydrogens is 184 g/mol. The topological polar surface area (TPSA) is 74.6 Å². The van der Waals surface area contributed by atoms with Gasteiger partial charge in [-0.3, -0.25) is 0 Å². The van der Waals surface area contributed by atoms with Gasteiger partial charge in [-0.1, -0.05) is 11.8 Å². The van der Waals surface area contributed by atoms with Crippen molar-refractivity contribution >= 4 is 11.9 Å². The lowest BCUT2D eigenvalue weighted by molar-refractivity contribution is -0.131. The summed E-state index contributed by atoms with van der Waals surface area (Å²) in [5, 5.41) is 16.3. The summed E-state index contributed by atoms with van der Waals surface area (Å²) in [6.45, 7) is 0. The molecule has 0 aromatic heterocycles. The van der Waals surface area contributed by atoms with Crippen LogP contribution in [0.3, 0.4) is 0 Å². The predicted molar refractivity (Wildman–Crippen MR) is 49.3 cm³/mol. The Labute approximate surface area is 81.9 Å². The lowest BCUT2D eigenvalue weighted by Gasteiger charge is -1.87. The van der Waals surface area contributed by atoms with Gasteiger partial charge in [0.25, 0.3) is 0 Å². The van der Waals surface area contributed by atoms with Crippen molar-refractivity contribution in [3.8, 4) is 23.7 Å². The minimum Gasteiger partial charge on any atom is -0.472 e. The van der Waals surface area contributed by atoms with E-state index in [4.69, 9.17) is 10.2 Å². The van der Waals surface area contributed by atoms with Gasteiger partial charge in [-0.25, -0.2) is 9.59 Å². The number of hydrogen-bond donors (Lipinski definition) is 2. The number of unbranched alkanes of at least 4 members (excludes halogenated alkanes) is 3. The molecule has 0 aromatic carbocycles. The molecule has 0 saturated heterocycles. The maximum absolute atomic E-state index is 9.95. The van der Waals surface area contributed by atoms with Crippen molar-refractivity contribution in [2.75, 3.05) is 0 Å². The summed E-state index contributed by atoms with van der Waals surface area (Å²) in [4.78, 5) is 19.9. The minimum absolute atomic E-state index is 0.501. The van der Waals surface area contributed by atoms with Gasteiger partial charge in [0.05, 0.1) is 0 Å². The van der Waals surface area contributed by atoms with E-state index in [-0.39, 0.29) is 0 Å². The smallest absolute Gasteiger partial charge is 0.381 e. The molecule has 0 rings (SSSR count). The summed E-state index contributed by atoms with van der Waals surface area (Å²) in [5.74, 6) is 6.67. The number of hydrogen-bond acceptors (Lipinski definition) is 2. The quantitative estimate of drug-likeness (QED) is 0.513. The molecule has 74 valence electrons. The van der Waals surface area contributed by atoms with Crippen LogP contribution < -0.4 is 0 Å². The second kappa shape index (κ2) is 7.70. The summed E-state index contributed by atoms with van der Waals surface area (Å²) in [5.41, 5.74) is 0. The molecule has 4 heteroatoms. The number of carbonyl (C=O) groups is 2. The zero-order chi connectivity index (χ0) is 10.8. The predicted octanol–water partition coefficient (Wildman–Crippen LogP) is 0.723. The van der Waals surface area contributed by atoms with Crippen LogP contribution in [0.2, 0.25) is 0 Å². The third-order valence-corrected chi connectivity index (χ3v) is 1.24. The molecule has 0 amide bonds. The van der Waals surface area contributed by atoms with E-state index in [2.05, 4.69) is 11.8 Å². The highest BCUT2D eigenvalue weighted by atomic mass is 16.4. The van der Waals surface area contributed by atoms with E-state index in [9.17, 15) is 9.59 Å². The number of rotatable bonds is 3. The lowest BCUT2D eigenvalue weighted by atomic mass is 10.2. The molecule has 0 aliphatic heterocycles. The van der Waals surface area contributed by atoms with Gasteiger partial charge in [0.15, 0.2) is 0 Å². The summed E-state index contributed by atoms with van der Waals surface area (Å²) < 4.78 is 0. The average Bonchev–Trinajstić information content (AvgIpc) is 2.08. The molecule has 0 unspecified atom stereocenters. The van der Waals surface area contributed by atoms with Crippen molar-refractivity contribution in [2.24, 2.45) is 0 Å². The molecular formula is C10H10O4. The Bertz CT molecular complexity index is 288. The molecule has 0 aliphatic carbocycles. The SMILES string of the molecule is O=C(O)C#CCCCCC#CC(=O)O. The third kappa shape index (κ3) is 10.1. The number of aliphatic carboxylic acids is 2. The second-order valence-electron chi connectivity index (χ2n) is 2.42. The van der Waals surface area contributed by atoms with Gasteiger partial charge < -0.3 is 10.2 Å². The van der Waals surface area contributed by atoms with Crippen molar-refractivity contribution in [1.29, 1.82) is 0 Å². The number of carboxylic acid groups (broad SMARTS) is 2. The molecule has 0 fully saturated rings. The maximum atomic E-state index is 9.95. The highest BCUT2D eigenvalue weighted by molar-refractivity contribution is 5.86. The Morgan fingerprint density at radius 3 is 1.50 bits per heavy atom. The molecule has 0 radical (unpaired) electrons. The Kier molecular flexibility index (Phi) is 6.63. The Balaban J connectivity index is 3.42. The summed E-state index contributed by atoms with van der Waals surface area (Å²) >= 11 is 0. The van der Waals surface area contributed by atoms with Crippen LogP contribution in [-0.4, -0.2) is 22.2 Å². The average molecular weight is 194 g/mol. The first-order valence-corrected chi connectivity index (χ1v) is 4.06. The first-order valence-electron chi connectivity index (χ1n) is 4.06. The van der Waals surface area contributed by atoms with E-state index in [1.807, 2.05) is 11.8 Å². The molecule has 0 spiro atoms. The van der Waals surface area contributed by atoms with Gasteiger partial charge in [0, 0.05) is 24.7 Å². The molecule has 2 N–H and O–H groups in total. The van der Waals surface area contributed by atoms with Crippen LogP contribution in [-0.2, 0) is 9.59 Å². The Morgan fingerprint density at radius 1 is 0.857 bits per heavy atom. The van der Waals surface area contributed by atoms with Crippen molar-refractivity contribution in [3.63, 3.8) is 0 Å². The summed E-state index contributed by atoms with van der Waals surface area (Å²) in [6.07, 6.45) is 2.46. The second-order valence-corrected chi connectivity index (χ2v) is 2.42. The van der Waals surface area contributed by atoms with Gasteiger partial charge >= 0.3 is 11.9 Å². The fraction of sp³-hybridized carbons (Fsp3) is 0.400. The van der Waals surface area contributed by atoms with Crippen LogP contribution in [0, 0.1) is 23.7 Å². The highest BCUT2D eigenvalue weighted by Gasteiger charge is 1.86. The van der Waals surface area contributed by atoms with Crippen LogP contribution in [0.25, 0.3) is 0 Å². The number of carboxylic acids is 2. The van der Waals surface area contributed by atoms with Crippen molar-refractivity contribution in [1.82, 2.24) is 0 Å². The first-order chi connectivity index (χ1) is 6.63. The van der Waals surface area contributed by atoms with Crippen molar-refractivity contribution in [2.45, 2.75) is 25.7 Å². The Hall–Kier alpha value is -1.94. The normalized spacial score (nSPS) is 7.71. The largest absolute Gasteiger partial charge is 0.472 e. The molecule has 0 aromatic rings. The molecule has 4 nitrogen and oxygen atoms in total. The summed E-state index contributed by atoms with van der Waals surface area (Å²) in [6, 6.07) is 0. The fourth-order valence-electron chi connectivity index (χ4n) is 0.703. The highest BCUT2D eigenvalue weighted by Crippen LogP contribution is 1.96. The first kappa shape index (κ1) is 12.1. The standard InChI is InChI=1S/C10H10O4/c11-9(12)7-5-3-1-2-4-6-8-10(13)14/h1-4H2,(H,11,12)(H,13,14). The zero-order valence-electron chi connectivity index (χ0n) is 7.54. The van der Waals surface area contributed by atoms with Crippen LogP contribution >= 0.6 is 0 Å². The lowest BCUT2D eigenvalue weighted by Crippen LogP contribution is -1.87. The van der Waals surface area contributed by atoms with Crippen LogP contribution in [0.4, 0.5) is 0 Å². The molecule has 0 atom stereocenters. The van der Waals surface area contributed by atoms with Crippen molar-refractivity contribution in [3.05, 3.63) is 0 Å². The van der Waals surface area contributed by atoms with Crippen LogP contribution in [0.5, 0.6) is 0 Å². The third-order valence-electron chi connectivity index (χ3n) is 1.24. The van der Waals surface area contributed by atoms with E-state index >= 15 is 0 Å². The summed E-state index contributed by atoms with van der Waals surface area (Å²) in [7, 11) is 0. The molecule has 0 heterocycles. The molecule has 14 heavy (non-hydrogen) atoms. The van der Waals surface area contributed by atoms with E-state index in [1.165, 1.54) is 0 Å². The molecule has 0 saturated carbocycles. The molecule has 0 aliphatic rings. The Morgan fingerprint density at radius 2 is 1.21 bits per heavy atom.